The zero-order valence-corrected chi connectivity index (χ0v) is 9.58. The van der Waals surface area contributed by atoms with Gasteiger partial charge in [-0.25, -0.2) is 4.98 Å². The van der Waals surface area contributed by atoms with Crippen LogP contribution >= 0.6 is 0 Å². The predicted octanol–water partition coefficient (Wildman–Crippen LogP) is 1.01. The van der Waals surface area contributed by atoms with Gasteiger partial charge in [-0.05, 0) is 13.3 Å². The highest BCUT2D eigenvalue weighted by Gasteiger charge is 2.30. The van der Waals surface area contributed by atoms with Crippen LogP contribution in [0.4, 0.5) is 0 Å². The minimum absolute atomic E-state index is 0.211. The molecule has 1 aromatic heterocycles. The van der Waals surface area contributed by atoms with Crippen molar-refractivity contribution >= 4 is 5.91 Å². The number of nitrogens with one attached hydrogen (secondary N) is 2. The largest absolute Gasteiger partial charge is 0.354 e. The summed E-state index contributed by atoms with van der Waals surface area (Å²) in [5.41, 5.74) is 0.0454. The van der Waals surface area contributed by atoms with Crippen molar-refractivity contribution in [2.24, 2.45) is 5.41 Å². The SMILES string of the molecule is CCC(C)(C#N)C(=O)NCCc1cnc[nH]1. The number of hydrogen-bond donors (Lipinski definition) is 2. The molecule has 0 aliphatic heterocycles. The molecule has 1 rings (SSSR count). The van der Waals surface area contributed by atoms with E-state index < -0.39 is 5.41 Å². The molecule has 0 fully saturated rings. The normalized spacial score (nSPS) is 13.8. The molecule has 2 N–H and O–H groups in total. The molecular weight excluding hydrogens is 204 g/mol. The van der Waals surface area contributed by atoms with E-state index in [1.165, 1.54) is 0 Å². The molecule has 0 saturated heterocycles. The van der Waals surface area contributed by atoms with Gasteiger partial charge in [-0.3, -0.25) is 4.79 Å². The Kier molecular flexibility index (Phi) is 4.06. The summed E-state index contributed by atoms with van der Waals surface area (Å²) in [6.45, 7) is 3.99. The van der Waals surface area contributed by atoms with Crippen molar-refractivity contribution in [3.63, 3.8) is 0 Å². The molecule has 1 unspecified atom stereocenters. The maximum atomic E-state index is 11.7. The third-order valence-corrected chi connectivity index (χ3v) is 2.69. The first-order chi connectivity index (χ1) is 7.62. The molecule has 16 heavy (non-hydrogen) atoms. The van der Waals surface area contributed by atoms with Crippen LogP contribution in [0.25, 0.3) is 0 Å². The molecule has 0 aliphatic rings. The Hall–Kier alpha value is -1.83. The van der Waals surface area contributed by atoms with E-state index in [2.05, 4.69) is 15.3 Å². The molecule has 0 spiro atoms. The molecule has 0 aromatic carbocycles. The lowest BCUT2D eigenvalue weighted by atomic mass is 9.88. The first-order valence-electron chi connectivity index (χ1n) is 5.29. The summed E-state index contributed by atoms with van der Waals surface area (Å²) in [6, 6.07) is 2.04. The second-order valence-corrected chi connectivity index (χ2v) is 3.88. The first kappa shape index (κ1) is 12.2. The van der Waals surface area contributed by atoms with E-state index in [0.29, 0.717) is 19.4 Å². The van der Waals surface area contributed by atoms with Gasteiger partial charge in [-0.15, -0.1) is 0 Å². The number of imidazole rings is 1. The van der Waals surface area contributed by atoms with Crippen molar-refractivity contribution in [3.05, 3.63) is 18.2 Å². The van der Waals surface area contributed by atoms with Gasteiger partial charge in [0.15, 0.2) is 0 Å². The zero-order chi connectivity index (χ0) is 12.0. The van der Waals surface area contributed by atoms with E-state index in [0.717, 1.165) is 5.69 Å². The van der Waals surface area contributed by atoms with Crippen molar-refractivity contribution in [3.8, 4) is 6.07 Å². The summed E-state index contributed by atoms with van der Waals surface area (Å²) in [4.78, 5) is 18.5. The topological polar surface area (TPSA) is 81.6 Å². The highest BCUT2D eigenvalue weighted by molar-refractivity contribution is 5.84. The number of carbonyl (C=O) groups excluding carboxylic acids is 1. The average Bonchev–Trinajstić information content (AvgIpc) is 2.80. The fourth-order valence-corrected chi connectivity index (χ4v) is 1.22. The second kappa shape index (κ2) is 5.31. The quantitative estimate of drug-likeness (QED) is 0.777. The lowest BCUT2D eigenvalue weighted by molar-refractivity contribution is -0.127. The lowest BCUT2D eigenvalue weighted by Gasteiger charge is -2.18. The predicted molar refractivity (Wildman–Crippen MR) is 59.3 cm³/mol. The summed E-state index contributed by atoms with van der Waals surface area (Å²) in [5, 5.41) is 11.7. The smallest absolute Gasteiger partial charge is 0.240 e. The fraction of sp³-hybridized carbons (Fsp3) is 0.545. The Bertz CT molecular complexity index is 379. The number of aromatic amines is 1. The molecule has 5 heteroatoms. The van der Waals surface area contributed by atoms with Crippen LogP contribution in [-0.4, -0.2) is 22.4 Å². The Morgan fingerprint density at radius 3 is 3.00 bits per heavy atom. The number of aromatic nitrogens is 2. The molecule has 1 heterocycles. The molecule has 1 amide bonds. The number of nitriles is 1. The minimum atomic E-state index is -0.923. The Labute approximate surface area is 94.9 Å². The standard InChI is InChI=1S/C11H16N4O/c1-3-11(2,7-12)10(16)14-5-4-9-6-13-8-15-9/h6,8H,3-5H2,1-2H3,(H,13,15)(H,14,16). The van der Waals surface area contributed by atoms with Gasteiger partial charge in [0.2, 0.25) is 5.91 Å². The average molecular weight is 220 g/mol. The van der Waals surface area contributed by atoms with E-state index in [1.54, 1.807) is 19.4 Å². The number of carbonyl (C=O) groups is 1. The van der Waals surface area contributed by atoms with Crippen LogP contribution in [0.1, 0.15) is 26.0 Å². The number of H-pyrrole nitrogens is 1. The summed E-state index contributed by atoms with van der Waals surface area (Å²) < 4.78 is 0. The molecule has 5 nitrogen and oxygen atoms in total. The zero-order valence-electron chi connectivity index (χ0n) is 9.58. The van der Waals surface area contributed by atoms with Crippen LogP contribution in [0, 0.1) is 16.7 Å². The molecule has 0 aliphatic carbocycles. The molecule has 1 atom stereocenters. The van der Waals surface area contributed by atoms with E-state index in [4.69, 9.17) is 5.26 Å². The van der Waals surface area contributed by atoms with Crippen molar-refractivity contribution < 1.29 is 4.79 Å². The second-order valence-electron chi connectivity index (χ2n) is 3.88. The number of rotatable bonds is 5. The maximum Gasteiger partial charge on any atom is 0.240 e. The van der Waals surface area contributed by atoms with Crippen molar-refractivity contribution in [2.45, 2.75) is 26.7 Å². The Morgan fingerprint density at radius 1 is 1.75 bits per heavy atom. The molecular formula is C11H16N4O. The summed E-state index contributed by atoms with van der Waals surface area (Å²) in [7, 11) is 0. The van der Waals surface area contributed by atoms with Crippen LogP contribution < -0.4 is 5.32 Å². The summed E-state index contributed by atoms with van der Waals surface area (Å²) in [5.74, 6) is -0.211. The first-order valence-corrected chi connectivity index (χ1v) is 5.29. The van der Waals surface area contributed by atoms with E-state index in [1.807, 2.05) is 13.0 Å². The number of nitrogens with zero attached hydrogens (tertiary/aromatic N) is 2. The van der Waals surface area contributed by atoms with Crippen LogP contribution in [0.3, 0.4) is 0 Å². The minimum Gasteiger partial charge on any atom is -0.354 e. The molecule has 0 saturated carbocycles. The molecule has 1 aromatic rings. The van der Waals surface area contributed by atoms with Gasteiger partial charge in [0.05, 0.1) is 12.4 Å². The van der Waals surface area contributed by atoms with Crippen LogP contribution in [0.15, 0.2) is 12.5 Å². The van der Waals surface area contributed by atoms with Gasteiger partial charge in [-0.1, -0.05) is 6.92 Å². The summed E-state index contributed by atoms with van der Waals surface area (Å²) in [6.07, 6.45) is 4.52. The Morgan fingerprint density at radius 2 is 2.50 bits per heavy atom. The molecule has 0 radical (unpaired) electrons. The lowest BCUT2D eigenvalue weighted by Crippen LogP contribution is -2.38. The molecule has 86 valence electrons. The van der Waals surface area contributed by atoms with Gasteiger partial charge >= 0.3 is 0 Å². The highest BCUT2D eigenvalue weighted by Crippen LogP contribution is 2.19. The van der Waals surface area contributed by atoms with Gasteiger partial charge in [0.1, 0.15) is 5.41 Å². The third-order valence-electron chi connectivity index (χ3n) is 2.69. The van der Waals surface area contributed by atoms with Gasteiger partial charge in [-0.2, -0.15) is 5.26 Å². The van der Waals surface area contributed by atoms with E-state index in [-0.39, 0.29) is 5.91 Å². The monoisotopic (exact) mass is 220 g/mol. The van der Waals surface area contributed by atoms with Crippen molar-refractivity contribution in [2.75, 3.05) is 6.54 Å². The van der Waals surface area contributed by atoms with Crippen LogP contribution in [0.2, 0.25) is 0 Å². The van der Waals surface area contributed by atoms with E-state index in [9.17, 15) is 4.79 Å². The van der Waals surface area contributed by atoms with E-state index >= 15 is 0 Å². The molecule has 0 bridgehead atoms. The number of hydrogen-bond acceptors (Lipinski definition) is 3. The number of amides is 1. The van der Waals surface area contributed by atoms with Crippen LogP contribution in [0.5, 0.6) is 0 Å². The van der Waals surface area contributed by atoms with Gasteiger partial charge in [0.25, 0.3) is 0 Å². The Balaban J connectivity index is 2.39. The van der Waals surface area contributed by atoms with Gasteiger partial charge < -0.3 is 10.3 Å². The van der Waals surface area contributed by atoms with Crippen LogP contribution in [-0.2, 0) is 11.2 Å². The summed E-state index contributed by atoms with van der Waals surface area (Å²) >= 11 is 0. The highest BCUT2D eigenvalue weighted by atomic mass is 16.2. The third kappa shape index (κ3) is 2.83. The maximum absolute atomic E-state index is 11.7. The van der Waals surface area contributed by atoms with Gasteiger partial charge in [0, 0.05) is 24.9 Å². The van der Waals surface area contributed by atoms with Crippen molar-refractivity contribution in [1.29, 1.82) is 5.26 Å². The van der Waals surface area contributed by atoms with Crippen molar-refractivity contribution in [1.82, 2.24) is 15.3 Å². The fourth-order valence-electron chi connectivity index (χ4n) is 1.22.